The number of rotatable bonds is 13. The molecule has 3 aromatic rings. The number of amides is 2. The van der Waals surface area contributed by atoms with E-state index >= 15 is 0 Å². The maximum Gasteiger partial charge on any atom is 0.264 e. The molecule has 39 heavy (non-hydrogen) atoms. The van der Waals surface area contributed by atoms with Gasteiger partial charge in [0.05, 0.1) is 15.6 Å². The zero-order chi connectivity index (χ0) is 28.4. The SMILES string of the molecule is CCCCNC(=O)C(CC)N(Cc1ccccc1)C(=O)CN(c1ccccc1Cl)S(=O)(=O)c1ccc(C)cc1. The summed E-state index contributed by atoms with van der Waals surface area (Å²) in [6, 6.07) is 21.5. The summed E-state index contributed by atoms with van der Waals surface area (Å²) in [6.07, 6.45) is 2.12. The number of benzene rings is 3. The molecule has 0 spiro atoms. The van der Waals surface area contributed by atoms with Crippen LogP contribution in [-0.4, -0.2) is 44.3 Å². The fourth-order valence-corrected chi connectivity index (χ4v) is 5.93. The van der Waals surface area contributed by atoms with Crippen LogP contribution in [0, 0.1) is 6.92 Å². The van der Waals surface area contributed by atoms with Crippen LogP contribution < -0.4 is 9.62 Å². The molecule has 2 amide bonds. The summed E-state index contributed by atoms with van der Waals surface area (Å²) < 4.78 is 28.8. The molecule has 3 rings (SSSR count). The average molecular weight is 570 g/mol. The Balaban J connectivity index is 2.03. The van der Waals surface area contributed by atoms with Gasteiger partial charge in [-0.25, -0.2) is 8.42 Å². The molecule has 3 aromatic carbocycles. The second-order valence-electron chi connectivity index (χ2n) is 9.35. The summed E-state index contributed by atoms with van der Waals surface area (Å²) in [5.74, 6) is -0.770. The van der Waals surface area contributed by atoms with Gasteiger partial charge in [-0.15, -0.1) is 0 Å². The first-order valence-electron chi connectivity index (χ1n) is 13.1. The fourth-order valence-electron chi connectivity index (χ4n) is 4.21. The second-order valence-corrected chi connectivity index (χ2v) is 11.6. The van der Waals surface area contributed by atoms with E-state index in [1.807, 2.05) is 51.1 Å². The summed E-state index contributed by atoms with van der Waals surface area (Å²) in [4.78, 5) is 28.7. The minimum absolute atomic E-state index is 0.0415. The van der Waals surface area contributed by atoms with Crippen molar-refractivity contribution in [3.8, 4) is 0 Å². The molecular weight excluding hydrogens is 534 g/mol. The number of unbranched alkanes of at least 4 members (excludes halogenated alkanes) is 1. The van der Waals surface area contributed by atoms with E-state index in [0.29, 0.717) is 13.0 Å². The first-order valence-corrected chi connectivity index (χ1v) is 15.0. The molecule has 0 radical (unpaired) electrons. The van der Waals surface area contributed by atoms with Gasteiger partial charge in [0.15, 0.2) is 0 Å². The summed E-state index contributed by atoms with van der Waals surface area (Å²) in [7, 11) is -4.16. The Morgan fingerprint density at radius 2 is 1.56 bits per heavy atom. The van der Waals surface area contributed by atoms with Crippen molar-refractivity contribution in [2.75, 3.05) is 17.4 Å². The van der Waals surface area contributed by atoms with Crippen molar-refractivity contribution in [3.63, 3.8) is 0 Å². The number of carbonyl (C=O) groups excluding carboxylic acids is 2. The molecule has 0 saturated heterocycles. The monoisotopic (exact) mass is 569 g/mol. The van der Waals surface area contributed by atoms with Gasteiger partial charge in [0.25, 0.3) is 10.0 Å². The average Bonchev–Trinajstić information content (AvgIpc) is 2.93. The quantitative estimate of drug-likeness (QED) is 0.273. The van der Waals surface area contributed by atoms with Crippen LogP contribution >= 0.6 is 11.6 Å². The lowest BCUT2D eigenvalue weighted by Gasteiger charge is -2.33. The molecule has 1 atom stereocenters. The smallest absolute Gasteiger partial charge is 0.264 e. The maximum atomic E-state index is 14.0. The lowest BCUT2D eigenvalue weighted by molar-refractivity contribution is -0.140. The number of hydrogen-bond donors (Lipinski definition) is 1. The van der Waals surface area contributed by atoms with E-state index in [-0.39, 0.29) is 28.1 Å². The third kappa shape index (κ3) is 7.83. The zero-order valence-corrected chi connectivity index (χ0v) is 24.2. The van der Waals surface area contributed by atoms with Crippen LogP contribution in [-0.2, 0) is 26.2 Å². The van der Waals surface area contributed by atoms with Crippen molar-refractivity contribution in [2.24, 2.45) is 0 Å². The summed E-state index contributed by atoms with van der Waals surface area (Å²) in [5.41, 5.74) is 1.92. The minimum atomic E-state index is -4.16. The van der Waals surface area contributed by atoms with Crippen molar-refractivity contribution in [3.05, 3.63) is 95.0 Å². The van der Waals surface area contributed by atoms with Crippen molar-refractivity contribution in [2.45, 2.75) is 57.5 Å². The molecule has 0 aliphatic carbocycles. The van der Waals surface area contributed by atoms with E-state index in [1.54, 1.807) is 36.4 Å². The number of para-hydroxylation sites is 1. The van der Waals surface area contributed by atoms with Gasteiger partial charge in [0.2, 0.25) is 11.8 Å². The number of anilines is 1. The van der Waals surface area contributed by atoms with E-state index in [2.05, 4.69) is 5.32 Å². The van der Waals surface area contributed by atoms with Crippen molar-refractivity contribution in [1.82, 2.24) is 10.2 Å². The van der Waals surface area contributed by atoms with Gasteiger partial charge in [-0.1, -0.05) is 92.0 Å². The van der Waals surface area contributed by atoms with E-state index in [4.69, 9.17) is 11.6 Å². The number of nitrogens with zero attached hydrogens (tertiary/aromatic N) is 2. The van der Waals surface area contributed by atoms with Gasteiger partial charge in [-0.05, 0) is 49.6 Å². The molecule has 7 nitrogen and oxygen atoms in total. The molecule has 1 N–H and O–H groups in total. The van der Waals surface area contributed by atoms with Crippen molar-refractivity contribution in [1.29, 1.82) is 0 Å². The molecule has 0 saturated carbocycles. The highest BCUT2D eigenvalue weighted by atomic mass is 35.5. The van der Waals surface area contributed by atoms with Gasteiger partial charge < -0.3 is 10.2 Å². The summed E-state index contributed by atoms with van der Waals surface area (Å²) >= 11 is 6.45. The second kappa shape index (κ2) is 14.1. The molecule has 1 unspecified atom stereocenters. The number of halogens is 1. The van der Waals surface area contributed by atoms with E-state index < -0.39 is 28.5 Å². The summed E-state index contributed by atoms with van der Waals surface area (Å²) in [6.45, 7) is 5.87. The van der Waals surface area contributed by atoms with Crippen LogP contribution in [0.3, 0.4) is 0 Å². The molecular formula is C30H36ClN3O4S. The Hall–Kier alpha value is -3.36. The van der Waals surface area contributed by atoms with Gasteiger partial charge in [0.1, 0.15) is 12.6 Å². The van der Waals surface area contributed by atoms with Crippen molar-refractivity contribution < 1.29 is 18.0 Å². The van der Waals surface area contributed by atoms with Crippen molar-refractivity contribution >= 4 is 39.1 Å². The largest absolute Gasteiger partial charge is 0.354 e. The van der Waals surface area contributed by atoms with Crippen LogP contribution in [0.4, 0.5) is 5.69 Å². The molecule has 9 heteroatoms. The molecule has 208 valence electrons. The number of hydrogen-bond acceptors (Lipinski definition) is 4. The number of nitrogens with one attached hydrogen (secondary N) is 1. The highest BCUT2D eigenvalue weighted by Crippen LogP contribution is 2.31. The third-order valence-corrected chi connectivity index (χ3v) is 8.51. The Kier molecular flexibility index (Phi) is 10.9. The van der Waals surface area contributed by atoms with Gasteiger partial charge in [-0.2, -0.15) is 0 Å². The molecule has 0 fully saturated rings. The number of carbonyl (C=O) groups is 2. The summed E-state index contributed by atoms with van der Waals surface area (Å²) in [5, 5.41) is 3.12. The predicted molar refractivity (Wildman–Crippen MR) is 156 cm³/mol. The standard InChI is InChI=1S/C30H36ClN3O4S/c1-4-6-20-32-30(36)27(5-2)33(21-24-12-8-7-9-13-24)29(35)22-34(28-15-11-10-14-26(28)31)39(37,38)25-18-16-23(3)17-19-25/h7-19,27H,4-6,20-22H2,1-3H3,(H,32,36). The van der Waals surface area contributed by atoms with Crippen LogP contribution in [0.25, 0.3) is 0 Å². The van der Waals surface area contributed by atoms with Gasteiger partial charge in [-0.3, -0.25) is 13.9 Å². The predicted octanol–water partition coefficient (Wildman–Crippen LogP) is 5.57. The van der Waals surface area contributed by atoms with E-state index in [9.17, 15) is 18.0 Å². The lowest BCUT2D eigenvalue weighted by Crippen LogP contribution is -2.52. The Labute approximate surface area is 236 Å². The lowest BCUT2D eigenvalue weighted by atomic mass is 10.1. The third-order valence-electron chi connectivity index (χ3n) is 6.42. The van der Waals surface area contributed by atoms with Gasteiger partial charge in [0, 0.05) is 13.1 Å². The molecule has 0 aliphatic heterocycles. The van der Waals surface area contributed by atoms with Gasteiger partial charge >= 0.3 is 0 Å². The van der Waals surface area contributed by atoms with E-state index in [1.165, 1.54) is 17.0 Å². The molecule has 0 aliphatic rings. The first-order chi connectivity index (χ1) is 18.7. The highest BCUT2D eigenvalue weighted by molar-refractivity contribution is 7.92. The Bertz CT molecular complexity index is 1350. The van der Waals surface area contributed by atoms with Crippen LogP contribution in [0.1, 0.15) is 44.2 Å². The fraction of sp³-hybridized carbons (Fsp3) is 0.333. The van der Waals surface area contributed by atoms with Crippen LogP contribution in [0.2, 0.25) is 5.02 Å². The Morgan fingerprint density at radius 3 is 2.18 bits per heavy atom. The minimum Gasteiger partial charge on any atom is -0.354 e. The Morgan fingerprint density at radius 1 is 0.923 bits per heavy atom. The highest BCUT2D eigenvalue weighted by Gasteiger charge is 2.34. The first kappa shape index (κ1) is 30.2. The maximum absolute atomic E-state index is 14.0. The molecule has 0 bridgehead atoms. The van der Waals surface area contributed by atoms with Crippen LogP contribution in [0.15, 0.2) is 83.8 Å². The zero-order valence-electron chi connectivity index (χ0n) is 22.6. The van der Waals surface area contributed by atoms with Crippen LogP contribution in [0.5, 0.6) is 0 Å². The van der Waals surface area contributed by atoms with E-state index in [0.717, 1.165) is 28.3 Å². The normalized spacial score (nSPS) is 12.0. The topological polar surface area (TPSA) is 86.8 Å². The molecule has 0 aromatic heterocycles. The number of sulfonamides is 1. The number of aryl methyl sites for hydroxylation is 1. The molecule has 0 heterocycles.